The van der Waals surface area contributed by atoms with Gasteiger partial charge in [-0.05, 0) is 49.1 Å². The lowest BCUT2D eigenvalue weighted by molar-refractivity contribution is -0.122. The van der Waals surface area contributed by atoms with Crippen molar-refractivity contribution in [2.45, 2.75) is 25.8 Å². The molecule has 2 aromatic rings. The van der Waals surface area contributed by atoms with Crippen LogP contribution in [0.4, 0.5) is 4.39 Å². The number of aryl methyl sites for hydroxylation is 1. The molecular weight excluding hydrogens is 367 g/mol. The van der Waals surface area contributed by atoms with E-state index in [1.165, 1.54) is 0 Å². The molecule has 0 aromatic heterocycles. The van der Waals surface area contributed by atoms with Gasteiger partial charge in [-0.25, -0.2) is 4.39 Å². The topological polar surface area (TPSA) is 58.2 Å². The highest BCUT2D eigenvalue weighted by Crippen LogP contribution is 2.11. The lowest BCUT2D eigenvalue weighted by Crippen LogP contribution is -2.46. The van der Waals surface area contributed by atoms with E-state index in [2.05, 4.69) is 23.8 Å². The van der Waals surface area contributed by atoms with Crippen LogP contribution in [0.5, 0.6) is 0 Å². The van der Waals surface area contributed by atoms with Gasteiger partial charge in [-0.2, -0.15) is 0 Å². The minimum absolute atomic E-state index is 0. The Hall–Kier alpha value is -3.47. The molecule has 0 fully saturated rings. The second kappa shape index (κ2) is 10.8. The summed E-state index contributed by atoms with van der Waals surface area (Å²) in [4.78, 5) is 25.4. The zero-order valence-electron chi connectivity index (χ0n) is 16.5. The van der Waals surface area contributed by atoms with Gasteiger partial charge in [0.05, 0.1) is 0 Å². The predicted octanol–water partition coefficient (Wildman–Crippen LogP) is 4.97. The average molecular weight is 397 g/mol. The third kappa shape index (κ3) is 7.22. The first kappa shape index (κ1) is 21.8. The average Bonchev–Trinajstić information content (AvgIpc) is 2.71. The number of nitrogens with one attached hydrogen (secondary N) is 2. The summed E-state index contributed by atoms with van der Waals surface area (Å²) in [6.45, 7) is 8.58. The van der Waals surface area contributed by atoms with Gasteiger partial charge in [-0.3, -0.25) is 9.59 Å². The normalized spacial score (nSPS) is 12.0. The van der Waals surface area contributed by atoms with Crippen LogP contribution in [0.15, 0.2) is 97.0 Å². The molecule has 0 aliphatic carbocycles. The maximum absolute atomic E-state index is 13.2. The summed E-state index contributed by atoms with van der Waals surface area (Å²) in [6.07, 6.45) is 2.08. The summed E-state index contributed by atoms with van der Waals surface area (Å²) in [5.41, 5.74) is 2.21. The molecule has 29 heavy (non-hydrogen) atoms. The van der Waals surface area contributed by atoms with Crippen molar-refractivity contribution in [3.63, 3.8) is 0 Å². The number of allylic oxidation sites excluding steroid dienone is 3. The van der Waals surface area contributed by atoms with Gasteiger partial charge in [0, 0.05) is 14.1 Å². The molecular formula is C24H29FN2O2. The third-order valence-corrected chi connectivity index (χ3v) is 4.24. The maximum atomic E-state index is 13.2. The number of amides is 2. The van der Waals surface area contributed by atoms with E-state index >= 15 is 0 Å². The van der Waals surface area contributed by atoms with Crippen molar-refractivity contribution in [2.24, 2.45) is 0 Å². The SMILES string of the molecule is C=C(F)/C=C(/NC(=O)C(CCc1ccccc1)NC(=O)c1ccccc1)C(=C)C.[HH].[HH]. The fraction of sp³-hybridized carbons (Fsp3) is 0.167. The van der Waals surface area contributed by atoms with Crippen LogP contribution in [0.25, 0.3) is 0 Å². The second-order valence-electron chi connectivity index (χ2n) is 6.69. The Morgan fingerprint density at radius 2 is 1.66 bits per heavy atom. The lowest BCUT2D eigenvalue weighted by atomic mass is 10.0. The quantitative estimate of drug-likeness (QED) is 0.588. The molecule has 0 bridgehead atoms. The number of benzene rings is 2. The molecule has 0 saturated heterocycles. The summed E-state index contributed by atoms with van der Waals surface area (Å²) >= 11 is 0. The zero-order valence-corrected chi connectivity index (χ0v) is 16.5. The van der Waals surface area contributed by atoms with Crippen LogP contribution in [-0.2, 0) is 11.2 Å². The van der Waals surface area contributed by atoms with E-state index in [4.69, 9.17) is 0 Å². The van der Waals surface area contributed by atoms with Gasteiger partial charge in [-0.1, -0.05) is 61.7 Å². The van der Waals surface area contributed by atoms with Gasteiger partial charge < -0.3 is 10.6 Å². The highest BCUT2D eigenvalue weighted by atomic mass is 19.1. The summed E-state index contributed by atoms with van der Waals surface area (Å²) in [5, 5.41) is 5.42. The van der Waals surface area contributed by atoms with Crippen LogP contribution in [0.2, 0.25) is 0 Å². The van der Waals surface area contributed by atoms with Crippen LogP contribution >= 0.6 is 0 Å². The summed E-state index contributed by atoms with van der Waals surface area (Å²) in [7, 11) is 0. The van der Waals surface area contributed by atoms with Crippen LogP contribution in [-0.4, -0.2) is 17.9 Å². The number of carbonyl (C=O) groups is 2. The van der Waals surface area contributed by atoms with Crippen LogP contribution in [0.3, 0.4) is 0 Å². The molecule has 2 amide bonds. The first-order valence-corrected chi connectivity index (χ1v) is 9.29. The molecule has 4 nitrogen and oxygen atoms in total. The van der Waals surface area contributed by atoms with Gasteiger partial charge in [0.25, 0.3) is 5.91 Å². The monoisotopic (exact) mass is 396 g/mol. The summed E-state index contributed by atoms with van der Waals surface area (Å²) in [5.74, 6) is -1.49. The molecule has 0 heterocycles. The standard InChI is InChI=1S/C24H25FN2O2.2H2/c1-17(2)22(16-18(3)25)27-24(29)21(15-14-19-10-6-4-7-11-19)26-23(28)20-12-8-5-9-13-20;;/h4-13,16,21H,1,3,14-15H2,2H3,(H,26,28)(H,27,29);2*1H/b22-16+;;. The molecule has 1 atom stereocenters. The number of carbonyl (C=O) groups excluding carboxylic acids is 2. The van der Waals surface area contributed by atoms with Crippen molar-refractivity contribution in [1.82, 2.24) is 10.6 Å². The van der Waals surface area contributed by atoms with Gasteiger partial charge in [0.2, 0.25) is 5.91 Å². The van der Waals surface area contributed by atoms with E-state index in [1.807, 2.05) is 36.4 Å². The number of halogens is 1. The molecule has 0 aliphatic heterocycles. The molecule has 2 N–H and O–H groups in total. The minimum Gasteiger partial charge on any atom is -0.340 e. The Bertz CT molecular complexity index is 916. The Kier molecular flexibility index (Phi) is 8.10. The first-order chi connectivity index (χ1) is 13.9. The number of hydrogen-bond donors (Lipinski definition) is 2. The summed E-state index contributed by atoms with van der Waals surface area (Å²) in [6, 6.07) is 17.5. The highest BCUT2D eigenvalue weighted by Gasteiger charge is 2.22. The van der Waals surface area contributed by atoms with E-state index in [0.717, 1.165) is 11.6 Å². The lowest BCUT2D eigenvalue weighted by Gasteiger charge is -2.20. The van der Waals surface area contributed by atoms with Crippen molar-refractivity contribution in [2.75, 3.05) is 0 Å². The van der Waals surface area contributed by atoms with Gasteiger partial charge in [0.15, 0.2) is 0 Å². The number of rotatable bonds is 9. The first-order valence-electron chi connectivity index (χ1n) is 9.29. The number of hydrogen-bond acceptors (Lipinski definition) is 2. The zero-order chi connectivity index (χ0) is 21.2. The molecule has 2 rings (SSSR count). The van der Waals surface area contributed by atoms with Crippen molar-refractivity contribution in [1.29, 1.82) is 0 Å². The predicted molar refractivity (Wildman–Crippen MR) is 118 cm³/mol. The second-order valence-corrected chi connectivity index (χ2v) is 6.69. The molecule has 154 valence electrons. The maximum Gasteiger partial charge on any atom is 0.251 e. The van der Waals surface area contributed by atoms with E-state index in [-0.39, 0.29) is 14.5 Å². The van der Waals surface area contributed by atoms with Crippen molar-refractivity contribution < 1.29 is 16.8 Å². The van der Waals surface area contributed by atoms with Crippen molar-refractivity contribution in [3.05, 3.63) is 108 Å². The van der Waals surface area contributed by atoms with Crippen LogP contribution in [0, 0.1) is 0 Å². The minimum atomic E-state index is -0.807. The third-order valence-electron chi connectivity index (χ3n) is 4.24. The Labute approximate surface area is 173 Å². The van der Waals surface area contributed by atoms with E-state index in [1.54, 1.807) is 31.2 Å². The van der Waals surface area contributed by atoms with E-state index < -0.39 is 17.8 Å². The molecule has 2 aromatic carbocycles. The highest BCUT2D eigenvalue weighted by molar-refractivity contribution is 5.97. The van der Waals surface area contributed by atoms with Crippen LogP contribution < -0.4 is 10.6 Å². The largest absolute Gasteiger partial charge is 0.340 e. The Morgan fingerprint density at radius 1 is 1.07 bits per heavy atom. The van der Waals surface area contributed by atoms with Crippen molar-refractivity contribution in [3.8, 4) is 0 Å². The fourth-order valence-electron chi connectivity index (χ4n) is 2.70. The van der Waals surface area contributed by atoms with Gasteiger partial charge in [-0.15, -0.1) is 0 Å². The summed E-state index contributed by atoms with van der Waals surface area (Å²) < 4.78 is 13.2. The van der Waals surface area contributed by atoms with E-state index in [9.17, 15) is 14.0 Å². The molecule has 0 radical (unpaired) electrons. The smallest absolute Gasteiger partial charge is 0.251 e. The fourth-order valence-corrected chi connectivity index (χ4v) is 2.70. The molecule has 0 saturated carbocycles. The van der Waals surface area contributed by atoms with Gasteiger partial charge in [0.1, 0.15) is 11.9 Å². The van der Waals surface area contributed by atoms with E-state index in [0.29, 0.717) is 24.0 Å². The Balaban J connectivity index is 0.00000450. The molecule has 0 aliphatic rings. The van der Waals surface area contributed by atoms with Gasteiger partial charge >= 0.3 is 0 Å². The molecule has 1 unspecified atom stereocenters. The molecule has 5 heteroatoms. The van der Waals surface area contributed by atoms with Crippen molar-refractivity contribution >= 4 is 11.8 Å². The van der Waals surface area contributed by atoms with Crippen LogP contribution in [0.1, 0.15) is 32.1 Å². The Morgan fingerprint density at radius 3 is 2.21 bits per heavy atom. The molecule has 0 spiro atoms.